The first-order chi connectivity index (χ1) is 17.8. The van der Waals surface area contributed by atoms with E-state index in [1.54, 1.807) is 48.7 Å². The van der Waals surface area contributed by atoms with Crippen LogP contribution in [0.4, 0.5) is 0 Å². The first kappa shape index (κ1) is 25.6. The van der Waals surface area contributed by atoms with Gasteiger partial charge in [-0.15, -0.1) is 0 Å². The Balaban J connectivity index is 1.61. The van der Waals surface area contributed by atoms with Gasteiger partial charge in [-0.05, 0) is 45.7 Å². The topological polar surface area (TPSA) is 107 Å². The van der Waals surface area contributed by atoms with Gasteiger partial charge in [-0.1, -0.05) is 78.9 Å². The zero-order chi connectivity index (χ0) is 26.4. The molecule has 37 heavy (non-hydrogen) atoms. The molecule has 0 radical (unpaired) electrons. The third-order valence-electron chi connectivity index (χ3n) is 5.99. The highest BCUT2D eigenvalue weighted by atomic mass is 32.2. The predicted octanol–water partition coefficient (Wildman–Crippen LogP) is 4.16. The molecule has 0 fully saturated rings. The molecule has 0 spiro atoms. The standard InChI is InChI=1S/C29H25N3O4S/c1-32(20-30)29(34)27(31-28(33)22-10-3-2-4-11-22)19-37(35,36)18-25-13-7-8-14-26(25)24-16-15-21-9-5-6-12-23(21)17-24/h2-17,27H,18-19H2,1H3,(H,31,33). The lowest BCUT2D eigenvalue weighted by Gasteiger charge is -2.20. The quantitative estimate of drug-likeness (QED) is 0.282. The molecule has 1 unspecified atom stereocenters. The van der Waals surface area contributed by atoms with Crippen molar-refractivity contribution in [1.82, 2.24) is 10.2 Å². The number of rotatable bonds is 8. The molecule has 8 heteroatoms. The van der Waals surface area contributed by atoms with E-state index in [1.807, 2.05) is 54.6 Å². The van der Waals surface area contributed by atoms with Gasteiger partial charge in [-0.3, -0.25) is 14.5 Å². The molecule has 0 saturated carbocycles. The number of nitriles is 1. The third-order valence-corrected chi connectivity index (χ3v) is 7.59. The van der Waals surface area contributed by atoms with Crippen molar-refractivity contribution in [3.63, 3.8) is 0 Å². The van der Waals surface area contributed by atoms with Crippen molar-refractivity contribution < 1.29 is 18.0 Å². The number of hydrogen-bond acceptors (Lipinski definition) is 5. The van der Waals surface area contributed by atoms with Crippen molar-refractivity contribution in [1.29, 1.82) is 5.26 Å². The molecule has 0 aliphatic carbocycles. The van der Waals surface area contributed by atoms with Gasteiger partial charge in [0.25, 0.3) is 11.8 Å². The number of nitrogens with zero attached hydrogens (tertiary/aromatic N) is 2. The van der Waals surface area contributed by atoms with E-state index in [-0.39, 0.29) is 11.3 Å². The highest BCUT2D eigenvalue weighted by Crippen LogP contribution is 2.28. The second-order valence-electron chi connectivity index (χ2n) is 8.66. The van der Waals surface area contributed by atoms with E-state index < -0.39 is 33.4 Å². The van der Waals surface area contributed by atoms with E-state index >= 15 is 0 Å². The smallest absolute Gasteiger partial charge is 0.258 e. The summed E-state index contributed by atoms with van der Waals surface area (Å²) in [6.07, 6.45) is 1.68. The number of carbonyl (C=O) groups is 2. The van der Waals surface area contributed by atoms with Crippen LogP contribution in [-0.2, 0) is 20.4 Å². The molecule has 7 nitrogen and oxygen atoms in total. The maximum atomic E-state index is 13.3. The fourth-order valence-electron chi connectivity index (χ4n) is 4.12. The SMILES string of the molecule is CN(C#N)C(=O)C(CS(=O)(=O)Cc1ccccc1-c1ccc2ccccc2c1)NC(=O)c1ccccc1. The van der Waals surface area contributed by atoms with Crippen LogP contribution in [0.3, 0.4) is 0 Å². The van der Waals surface area contributed by atoms with Gasteiger partial charge in [0.15, 0.2) is 16.0 Å². The van der Waals surface area contributed by atoms with Crippen LogP contribution in [0.25, 0.3) is 21.9 Å². The molecular weight excluding hydrogens is 486 g/mol. The second-order valence-corrected chi connectivity index (χ2v) is 10.8. The minimum Gasteiger partial charge on any atom is -0.339 e. The average Bonchev–Trinajstić information content (AvgIpc) is 2.92. The van der Waals surface area contributed by atoms with E-state index in [0.29, 0.717) is 10.5 Å². The first-order valence-corrected chi connectivity index (χ1v) is 13.4. The monoisotopic (exact) mass is 511 g/mol. The Kier molecular flexibility index (Phi) is 7.66. The Morgan fingerprint density at radius 1 is 0.892 bits per heavy atom. The third kappa shape index (κ3) is 6.21. The predicted molar refractivity (Wildman–Crippen MR) is 143 cm³/mol. The summed E-state index contributed by atoms with van der Waals surface area (Å²) in [6.45, 7) is 0. The second kappa shape index (κ2) is 11.1. The van der Waals surface area contributed by atoms with E-state index in [2.05, 4.69) is 5.32 Å². The molecule has 4 aromatic rings. The van der Waals surface area contributed by atoms with E-state index in [1.165, 1.54) is 7.05 Å². The Hall–Kier alpha value is -4.48. The number of sulfone groups is 1. The van der Waals surface area contributed by atoms with Crippen LogP contribution in [0.1, 0.15) is 15.9 Å². The highest BCUT2D eigenvalue weighted by Gasteiger charge is 2.30. The number of fused-ring (bicyclic) bond motifs is 1. The molecular formula is C29H25N3O4S. The molecule has 2 amide bonds. The van der Waals surface area contributed by atoms with E-state index in [0.717, 1.165) is 21.9 Å². The molecule has 0 aliphatic rings. The summed E-state index contributed by atoms with van der Waals surface area (Å²) < 4.78 is 26.7. The van der Waals surface area contributed by atoms with Crippen molar-refractivity contribution in [2.45, 2.75) is 11.8 Å². The summed E-state index contributed by atoms with van der Waals surface area (Å²) in [5.74, 6) is -2.39. The molecule has 0 saturated heterocycles. The van der Waals surface area contributed by atoms with Gasteiger partial charge < -0.3 is 5.32 Å². The summed E-state index contributed by atoms with van der Waals surface area (Å²) in [4.78, 5) is 26.2. The van der Waals surface area contributed by atoms with Crippen LogP contribution in [0, 0.1) is 11.5 Å². The van der Waals surface area contributed by atoms with Crippen LogP contribution in [0.2, 0.25) is 0 Å². The Bertz CT molecular complexity index is 1590. The van der Waals surface area contributed by atoms with Crippen LogP contribution < -0.4 is 5.32 Å². The van der Waals surface area contributed by atoms with Crippen LogP contribution in [0.5, 0.6) is 0 Å². The zero-order valence-corrected chi connectivity index (χ0v) is 21.0. The Morgan fingerprint density at radius 2 is 1.54 bits per heavy atom. The lowest BCUT2D eigenvalue weighted by molar-refractivity contribution is -0.128. The molecule has 1 N–H and O–H groups in total. The van der Waals surface area contributed by atoms with Crippen LogP contribution in [0.15, 0.2) is 97.1 Å². The van der Waals surface area contributed by atoms with Crippen molar-refractivity contribution in [2.24, 2.45) is 0 Å². The number of benzene rings is 4. The average molecular weight is 512 g/mol. The lowest BCUT2D eigenvalue weighted by atomic mass is 9.98. The summed E-state index contributed by atoms with van der Waals surface area (Å²) in [5.41, 5.74) is 2.49. The minimum atomic E-state index is -3.89. The van der Waals surface area contributed by atoms with Gasteiger partial charge >= 0.3 is 0 Å². The van der Waals surface area contributed by atoms with Gasteiger partial charge in [0.2, 0.25) is 0 Å². The summed E-state index contributed by atoms with van der Waals surface area (Å²) in [5, 5.41) is 13.8. The summed E-state index contributed by atoms with van der Waals surface area (Å²) in [7, 11) is -2.67. The van der Waals surface area contributed by atoms with Gasteiger partial charge in [-0.2, -0.15) is 5.26 Å². The number of amides is 2. The number of likely N-dealkylation sites (N-methyl/N-ethyl adjacent to an activating group) is 1. The van der Waals surface area contributed by atoms with Crippen molar-refractivity contribution in [2.75, 3.05) is 12.8 Å². The van der Waals surface area contributed by atoms with E-state index in [9.17, 15) is 18.0 Å². The molecule has 186 valence electrons. The number of hydrogen-bond donors (Lipinski definition) is 1. The molecule has 0 heterocycles. The number of nitrogens with one attached hydrogen (secondary N) is 1. The molecule has 1 atom stereocenters. The minimum absolute atomic E-state index is 0.277. The van der Waals surface area contributed by atoms with Gasteiger partial charge in [0.1, 0.15) is 6.04 Å². The lowest BCUT2D eigenvalue weighted by Crippen LogP contribution is -2.50. The normalized spacial score (nSPS) is 11.9. The number of carbonyl (C=O) groups excluding carboxylic acids is 2. The molecule has 0 aliphatic heterocycles. The summed E-state index contributed by atoms with van der Waals surface area (Å²) >= 11 is 0. The molecule has 0 bridgehead atoms. The fraction of sp³-hybridized carbons (Fsp3) is 0.138. The zero-order valence-electron chi connectivity index (χ0n) is 20.2. The summed E-state index contributed by atoms with van der Waals surface area (Å²) in [6, 6.07) is 27.8. The fourth-order valence-corrected chi connectivity index (χ4v) is 5.70. The Labute approximate surface area is 215 Å². The molecule has 0 aromatic heterocycles. The van der Waals surface area contributed by atoms with Crippen LogP contribution in [-0.4, -0.2) is 44.0 Å². The van der Waals surface area contributed by atoms with Gasteiger partial charge in [0, 0.05) is 12.6 Å². The highest BCUT2D eigenvalue weighted by molar-refractivity contribution is 7.90. The van der Waals surface area contributed by atoms with Crippen molar-refractivity contribution in [3.8, 4) is 17.3 Å². The van der Waals surface area contributed by atoms with Crippen molar-refractivity contribution >= 4 is 32.4 Å². The maximum Gasteiger partial charge on any atom is 0.258 e. The van der Waals surface area contributed by atoms with Gasteiger partial charge in [0.05, 0.1) is 11.5 Å². The molecule has 4 aromatic carbocycles. The Morgan fingerprint density at radius 3 is 2.27 bits per heavy atom. The largest absolute Gasteiger partial charge is 0.339 e. The van der Waals surface area contributed by atoms with Crippen LogP contribution >= 0.6 is 0 Å². The van der Waals surface area contributed by atoms with Crippen molar-refractivity contribution in [3.05, 3.63) is 108 Å². The first-order valence-electron chi connectivity index (χ1n) is 11.6. The van der Waals surface area contributed by atoms with E-state index in [4.69, 9.17) is 5.26 Å². The molecule has 4 rings (SSSR count). The van der Waals surface area contributed by atoms with Gasteiger partial charge in [-0.25, -0.2) is 8.42 Å². The maximum absolute atomic E-state index is 13.3.